The van der Waals surface area contributed by atoms with Gasteiger partial charge < -0.3 is 5.32 Å². The van der Waals surface area contributed by atoms with Gasteiger partial charge in [-0.05, 0) is 56.6 Å². The lowest BCUT2D eigenvalue weighted by molar-refractivity contribution is 0.0924. The van der Waals surface area contributed by atoms with Crippen molar-refractivity contribution in [3.63, 3.8) is 0 Å². The summed E-state index contributed by atoms with van der Waals surface area (Å²) in [6, 6.07) is 15.7. The standard InChI is InChI=1S/C21H25ClN2O/c1-16-9-11-17(12-10-16)21(25)23-15-20(24-13-5-2-6-14-24)18-7-3-4-8-19(18)22/h3-4,7-12,20H,2,5-6,13-15H2,1H3,(H,23,25). The first kappa shape index (κ1) is 18.0. The van der Waals surface area contributed by atoms with Crippen LogP contribution in [0.2, 0.25) is 5.02 Å². The third-order valence-corrected chi connectivity index (χ3v) is 5.21. The highest BCUT2D eigenvalue weighted by Crippen LogP contribution is 2.29. The molecule has 132 valence electrons. The SMILES string of the molecule is Cc1ccc(C(=O)NCC(c2ccccc2Cl)N2CCCCC2)cc1. The van der Waals surface area contributed by atoms with E-state index in [2.05, 4.69) is 16.3 Å². The Hall–Kier alpha value is -1.84. The number of nitrogens with one attached hydrogen (secondary N) is 1. The first-order valence-electron chi connectivity index (χ1n) is 8.98. The Bertz CT molecular complexity index is 708. The summed E-state index contributed by atoms with van der Waals surface area (Å²) in [6.45, 7) is 4.69. The molecule has 1 aliphatic heterocycles. The van der Waals surface area contributed by atoms with Gasteiger partial charge in [-0.1, -0.05) is 53.9 Å². The largest absolute Gasteiger partial charge is 0.350 e. The number of likely N-dealkylation sites (tertiary alicyclic amines) is 1. The van der Waals surface area contributed by atoms with Crippen LogP contribution in [0.25, 0.3) is 0 Å². The molecule has 3 rings (SSSR count). The summed E-state index contributed by atoms with van der Waals surface area (Å²) in [5, 5.41) is 3.87. The monoisotopic (exact) mass is 356 g/mol. The van der Waals surface area contributed by atoms with E-state index in [4.69, 9.17) is 11.6 Å². The predicted octanol–water partition coefficient (Wildman–Crippen LogP) is 4.61. The molecule has 0 aliphatic carbocycles. The molecule has 1 heterocycles. The van der Waals surface area contributed by atoms with Gasteiger partial charge in [-0.3, -0.25) is 9.69 Å². The summed E-state index contributed by atoms with van der Waals surface area (Å²) < 4.78 is 0. The Morgan fingerprint density at radius 1 is 1.08 bits per heavy atom. The van der Waals surface area contributed by atoms with Crippen molar-refractivity contribution >= 4 is 17.5 Å². The summed E-state index contributed by atoms with van der Waals surface area (Å²) in [5.41, 5.74) is 2.94. The van der Waals surface area contributed by atoms with E-state index in [1.807, 2.05) is 49.4 Å². The molecule has 1 unspecified atom stereocenters. The van der Waals surface area contributed by atoms with Gasteiger partial charge in [0.2, 0.25) is 0 Å². The van der Waals surface area contributed by atoms with Gasteiger partial charge in [0.15, 0.2) is 0 Å². The number of carbonyl (C=O) groups is 1. The minimum Gasteiger partial charge on any atom is -0.350 e. The van der Waals surface area contributed by atoms with Crippen LogP contribution in [-0.2, 0) is 0 Å². The highest BCUT2D eigenvalue weighted by atomic mass is 35.5. The zero-order valence-electron chi connectivity index (χ0n) is 14.7. The Balaban J connectivity index is 1.74. The molecule has 1 fully saturated rings. The molecule has 4 heteroatoms. The number of amides is 1. The second-order valence-electron chi connectivity index (χ2n) is 6.71. The molecule has 1 aliphatic rings. The maximum atomic E-state index is 12.5. The summed E-state index contributed by atoms with van der Waals surface area (Å²) >= 11 is 6.45. The quantitative estimate of drug-likeness (QED) is 0.848. The molecular weight excluding hydrogens is 332 g/mol. The maximum Gasteiger partial charge on any atom is 0.251 e. The molecule has 0 radical (unpaired) electrons. The van der Waals surface area contributed by atoms with E-state index in [9.17, 15) is 4.79 Å². The minimum atomic E-state index is -0.0333. The van der Waals surface area contributed by atoms with Crippen LogP contribution in [0, 0.1) is 6.92 Å². The predicted molar refractivity (Wildman–Crippen MR) is 103 cm³/mol. The first-order chi connectivity index (χ1) is 12.1. The van der Waals surface area contributed by atoms with Gasteiger partial charge in [0, 0.05) is 17.1 Å². The summed E-state index contributed by atoms with van der Waals surface area (Å²) in [5.74, 6) is -0.0333. The summed E-state index contributed by atoms with van der Waals surface area (Å²) in [6.07, 6.45) is 3.68. The van der Waals surface area contributed by atoms with Crippen LogP contribution in [0.4, 0.5) is 0 Å². The number of benzene rings is 2. The average Bonchev–Trinajstić information content (AvgIpc) is 2.64. The summed E-state index contributed by atoms with van der Waals surface area (Å²) in [4.78, 5) is 14.9. The van der Waals surface area contributed by atoms with Crippen LogP contribution >= 0.6 is 11.6 Å². The molecule has 1 N–H and O–H groups in total. The van der Waals surface area contributed by atoms with E-state index in [0.717, 1.165) is 29.2 Å². The fraction of sp³-hybridized carbons (Fsp3) is 0.381. The number of hydrogen-bond acceptors (Lipinski definition) is 2. The van der Waals surface area contributed by atoms with E-state index in [1.165, 1.54) is 19.3 Å². The molecule has 0 saturated carbocycles. The third kappa shape index (κ3) is 4.62. The van der Waals surface area contributed by atoms with Gasteiger partial charge in [0.1, 0.15) is 0 Å². The lowest BCUT2D eigenvalue weighted by Crippen LogP contribution is -2.40. The van der Waals surface area contributed by atoms with Crippen molar-refractivity contribution in [2.45, 2.75) is 32.2 Å². The van der Waals surface area contributed by atoms with Crippen molar-refractivity contribution in [2.24, 2.45) is 0 Å². The molecule has 3 nitrogen and oxygen atoms in total. The van der Waals surface area contributed by atoms with E-state index < -0.39 is 0 Å². The van der Waals surface area contributed by atoms with Gasteiger partial charge in [0.05, 0.1) is 6.04 Å². The van der Waals surface area contributed by atoms with Crippen LogP contribution < -0.4 is 5.32 Å². The molecule has 0 aromatic heterocycles. The fourth-order valence-electron chi connectivity index (χ4n) is 3.41. The zero-order valence-corrected chi connectivity index (χ0v) is 15.4. The van der Waals surface area contributed by atoms with Crippen LogP contribution in [0.1, 0.15) is 46.8 Å². The summed E-state index contributed by atoms with van der Waals surface area (Å²) in [7, 11) is 0. The van der Waals surface area contributed by atoms with E-state index >= 15 is 0 Å². The maximum absolute atomic E-state index is 12.5. The number of hydrogen-bond donors (Lipinski definition) is 1. The van der Waals surface area contributed by atoms with Crippen LogP contribution in [0.15, 0.2) is 48.5 Å². The van der Waals surface area contributed by atoms with Gasteiger partial charge >= 0.3 is 0 Å². The number of rotatable bonds is 5. The van der Waals surface area contributed by atoms with Crippen LogP contribution in [0.3, 0.4) is 0 Å². The Morgan fingerprint density at radius 3 is 2.44 bits per heavy atom. The topological polar surface area (TPSA) is 32.3 Å². The lowest BCUT2D eigenvalue weighted by Gasteiger charge is -2.35. The molecule has 0 spiro atoms. The van der Waals surface area contributed by atoms with Gasteiger partial charge in [-0.25, -0.2) is 0 Å². The molecule has 1 amide bonds. The van der Waals surface area contributed by atoms with E-state index in [1.54, 1.807) is 0 Å². The number of aryl methyl sites for hydroxylation is 1. The first-order valence-corrected chi connectivity index (χ1v) is 9.36. The Kier molecular flexibility index (Phi) is 6.11. The second kappa shape index (κ2) is 8.50. The van der Waals surface area contributed by atoms with Crippen molar-refractivity contribution in [1.29, 1.82) is 0 Å². The van der Waals surface area contributed by atoms with Gasteiger partial charge in [0.25, 0.3) is 5.91 Å². The molecule has 2 aromatic carbocycles. The molecule has 1 atom stereocenters. The van der Waals surface area contributed by atoms with Crippen molar-refractivity contribution in [3.05, 3.63) is 70.2 Å². The van der Waals surface area contributed by atoms with E-state index in [0.29, 0.717) is 12.1 Å². The number of piperidine rings is 1. The van der Waals surface area contributed by atoms with Gasteiger partial charge in [-0.2, -0.15) is 0 Å². The highest BCUT2D eigenvalue weighted by molar-refractivity contribution is 6.31. The molecule has 1 saturated heterocycles. The molecule has 0 bridgehead atoms. The lowest BCUT2D eigenvalue weighted by atomic mass is 10.0. The van der Waals surface area contributed by atoms with Gasteiger partial charge in [-0.15, -0.1) is 0 Å². The smallest absolute Gasteiger partial charge is 0.251 e. The second-order valence-corrected chi connectivity index (χ2v) is 7.12. The zero-order chi connectivity index (χ0) is 17.6. The normalized spacial score (nSPS) is 16.4. The van der Waals surface area contributed by atoms with Crippen molar-refractivity contribution in [2.75, 3.05) is 19.6 Å². The number of nitrogens with zero attached hydrogens (tertiary/aromatic N) is 1. The molecular formula is C21H25ClN2O. The molecule has 25 heavy (non-hydrogen) atoms. The van der Waals surface area contributed by atoms with Crippen LogP contribution in [0.5, 0.6) is 0 Å². The van der Waals surface area contributed by atoms with E-state index in [-0.39, 0.29) is 11.9 Å². The van der Waals surface area contributed by atoms with Crippen molar-refractivity contribution in [3.8, 4) is 0 Å². The average molecular weight is 357 g/mol. The highest BCUT2D eigenvalue weighted by Gasteiger charge is 2.24. The van der Waals surface area contributed by atoms with Crippen molar-refractivity contribution in [1.82, 2.24) is 10.2 Å². The van der Waals surface area contributed by atoms with Crippen molar-refractivity contribution < 1.29 is 4.79 Å². The Morgan fingerprint density at radius 2 is 1.76 bits per heavy atom. The number of halogens is 1. The number of carbonyl (C=O) groups excluding carboxylic acids is 1. The fourth-order valence-corrected chi connectivity index (χ4v) is 3.67. The Labute approximate surface area is 155 Å². The third-order valence-electron chi connectivity index (χ3n) is 4.87. The van der Waals surface area contributed by atoms with Crippen LogP contribution in [-0.4, -0.2) is 30.4 Å². The minimum absolute atomic E-state index is 0.0333. The molecule has 2 aromatic rings.